The lowest BCUT2D eigenvalue weighted by Crippen LogP contribution is -2.32. The van der Waals surface area contributed by atoms with Crippen LogP contribution in [0, 0.1) is 0 Å². The maximum absolute atomic E-state index is 10.4. The Bertz CT molecular complexity index is 414. The summed E-state index contributed by atoms with van der Waals surface area (Å²) in [5.74, 6) is 1.45. The van der Waals surface area contributed by atoms with E-state index in [1.54, 1.807) is 7.11 Å². The van der Waals surface area contributed by atoms with E-state index in [4.69, 9.17) is 9.47 Å². The topological polar surface area (TPSA) is 50.7 Å². The number of hydrogen-bond donors (Lipinski definition) is 2. The molecule has 1 fully saturated rings. The van der Waals surface area contributed by atoms with E-state index in [0.717, 1.165) is 37.0 Å². The van der Waals surface area contributed by atoms with Gasteiger partial charge in [-0.15, -0.1) is 0 Å². The molecule has 0 amide bonds. The van der Waals surface area contributed by atoms with Gasteiger partial charge in [0.05, 0.1) is 12.7 Å². The predicted molar refractivity (Wildman–Crippen MR) is 74.7 cm³/mol. The van der Waals surface area contributed by atoms with Crippen molar-refractivity contribution in [1.29, 1.82) is 0 Å². The van der Waals surface area contributed by atoms with Crippen molar-refractivity contribution in [3.8, 4) is 11.5 Å². The number of nitrogens with one attached hydrogen (secondary N) is 1. The Labute approximate surface area is 114 Å². The summed E-state index contributed by atoms with van der Waals surface area (Å²) >= 11 is 0. The van der Waals surface area contributed by atoms with Crippen molar-refractivity contribution in [2.24, 2.45) is 0 Å². The lowest BCUT2D eigenvalue weighted by atomic mass is 10.0. The Morgan fingerprint density at radius 1 is 1.32 bits per heavy atom. The van der Waals surface area contributed by atoms with Crippen molar-refractivity contribution in [1.82, 2.24) is 5.32 Å². The predicted octanol–water partition coefficient (Wildman–Crippen LogP) is 2.10. The molecule has 0 radical (unpaired) electrons. The first-order valence-electron chi connectivity index (χ1n) is 6.84. The number of hydrogen-bond acceptors (Lipinski definition) is 4. The van der Waals surface area contributed by atoms with Crippen LogP contribution in [0.25, 0.3) is 0 Å². The first-order chi connectivity index (χ1) is 9.18. The van der Waals surface area contributed by atoms with Crippen LogP contribution in [0.2, 0.25) is 0 Å². The van der Waals surface area contributed by atoms with Crippen LogP contribution >= 0.6 is 0 Å². The molecule has 2 rings (SSSR count). The van der Waals surface area contributed by atoms with Crippen molar-refractivity contribution in [2.75, 3.05) is 20.8 Å². The highest BCUT2D eigenvalue weighted by atomic mass is 16.5. The first-order valence-corrected chi connectivity index (χ1v) is 6.84. The zero-order valence-electron chi connectivity index (χ0n) is 11.7. The molecule has 4 heteroatoms. The summed E-state index contributed by atoms with van der Waals surface area (Å²) in [4.78, 5) is 0. The van der Waals surface area contributed by atoms with Gasteiger partial charge >= 0.3 is 0 Å². The van der Waals surface area contributed by atoms with Gasteiger partial charge < -0.3 is 19.9 Å². The maximum atomic E-state index is 10.4. The molecule has 106 valence electrons. The van der Waals surface area contributed by atoms with Crippen LogP contribution in [0.3, 0.4) is 0 Å². The minimum atomic E-state index is -0.669. The molecule has 0 heterocycles. The van der Waals surface area contributed by atoms with Crippen LogP contribution in [0.4, 0.5) is 0 Å². The fourth-order valence-corrected chi connectivity index (χ4v) is 2.60. The number of aliphatic hydroxyl groups is 1. The van der Waals surface area contributed by atoms with Crippen molar-refractivity contribution in [2.45, 2.75) is 37.8 Å². The first kappa shape index (κ1) is 14.2. The van der Waals surface area contributed by atoms with Crippen molar-refractivity contribution in [3.05, 3.63) is 23.8 Å². The van der Waals surface area contributed by atoms with Gasteiger partial charge in [-0.3, -0.25) is 0 Å². The molecular formula is C15H23NO3. The van der Waals surface area contributed by atoms with E-state index in [1.807, 2.05) is 25.2 Å². The Hall–Kier alpha value is -1.26. The van der Waals surface area contributed by atoms with E-state index < -0.39 is 5.60 Å². The van der Waals surface area contributed by atoms with Gasteiger partial charge in [-0.1, -0.05) is 25.0 Å². The Kier molecular flexibility index (Phi) is 4.66. The third-order valence-electron chi connectivity index (χ3n) is 3.67. The van der Waals surface area contributed by atoms with E-state index in [1.165, 1.54) is 0 Å². The van der Waals surface area contributed by atoms with E-state index in [-0.39, 0.29) is 0 Å². The second kappa shape index (κ2) is 6.26. The highest BCUT2D eigenvalue weighted by Crippen LogP contribution is 2.34. The van der Waals surface area contributed by atoms with Gasteiger partial charge in [0.25, 0.3) is 0 Å². The lowest BCUT2D eigenvalue weighted by molar-refractivity contribution is 0.000433. The van der Waals surface area contributed by atoms with Gasteiger partial charge in [-0.05, 0) is 26.0 Å². The van der Waals surface area contributed by atoms with Crippen molar-refractivity contribution >= 4 is 0 Å². The molecular weight excluding hydrogens is 242 g/mol. The third kappa shape index (κ3) is 3.39. The molecule has 1 aliphatic rings. The summed E-state index contributed by atoms with van der Waals surface area (Å²) < 4.78 is 11.2. The second-order valence-electron chi connectivity index (χ2n) is 5.20. The summed E-state index contributed by atoms with van der Waals surface area (Å²) in [6.07, 6.45) is 3.80. The molecule has 2 N–H and O–H groups in total. The SMILES string of the molecule is CNCc1cccc(OC)c1OCC1(O)CCCC1. The Morgan fingerprint density at radius 3 is 2.68 bits per heavy atom. The van der Waals surface area contributed by atoms with Crippen LogP contribution in [-0.2, 0) is 6.54 Å². The van der Waals surface area contributed by atoms with E-state index in [9.17, 15) is 5.11 Å². The van der Waals surface area contributed by atoms with Gasteiger partial charge in [0.1, 0.15) is 6.61 Å². The molecule has 19 heavy (non-hydrogen) atoms. The fraction of sp³-hybridized carbons (Fsp3) is 0.600. The molecule has 0 aliphatic heterocycles. The lowest BCUT2D eigenvalue weighted by Gasteiger charge is -2.24. The average molecular weight is 265 g/mol. The van der Waals surface area contributed by atoms with Crippen LogP contribution in [0.5, 0.6) is 11.5 Å². The third-order valence-corrected chi connectivity index (χ3v) is 3.67. The van der Waals surface area contributed by atoms with Gasteiger partial charge in [0.15, 0.2) is 11.5 Å². The van der Waals surface area contributed by atoms with Crippen LogP contribution in [0.1, 0.15) is 31.2 Å². The molecule has 0 atom stereocenters. The minimum absolute atomic E-state index is 0.337. The highest BCUT2D eigenvalue weighted by Gasteiger charge is 2.32. The summed E-state index contributed by atoms with van der Waals surface area (Å²) in [6, 6.07) is 5.84. The number of rotatable bonds is 6. The highest BCUT2D eigenvalue weighted by molar-refractivity contribution is 5.46. The zero-order valence-corrected chi connectivity index (χ0v) is 11.7. The molecule has 1 aromatic carbocycles. The number of para-hydroxylation sites is 1. The Morgan fingerprint density at radius 2 is 2.05 bits per heavy atom. The summed E-state index contributed by atoms with van der Waals surface area (Å²) in [5.41, 5.74) is 0.376. The van der Waals surface area contributed by atoms with Gasteiger partial charge in [-0.2, -0.15) is 0 Å². The normalized spacial score (nSPS) is 17.4. The Balaban J connectivity index is 2.12. The van der Waals surface area contributed by atoms with Gasteiger partial charge in [0.2, 0.25) is 0 Å². The smallest absolute Gasteiger partial charge is 0.165 e. The van der Waals surface area contributed by atoms with Crippen molar-refractivity contribution in [3.63, 3.8) is 0 Å². The largest absolute Gasteiger partial charge is 0.493 e. The van der Waals surface area contributed by atoms with E-state index in [2.05, 4.69) is 5.32 Å². The van der Waals surface area contributed by atoms with E-state index in [0.29, 0.717) is 18.9 Å². The maximum Gasteiger partial charge on any atom is 0.165 e. The minimum Gasteiger partial charge on any atom is -0.493 e. The van der Waals surface area contributed by atoms with Crippen LogP contribution in [0.15, 0.2) is 18.2 Å². The summed E-state index contributed by atoms with van der Waals surface area (Å²) in [7, 11) is 3.53. The van der Waals surface area contributed by atoms with Crippen LogP contribution in [-0.4, -0.2) is 31.5 Å². The average Bonchev–Trinajstić information content (AvgIpc) is 2.84. The molecule has 0 aromatic heterocycles. The number of benzene rings is 1. The quantitative estimate of drug-likeness (QED) is 0.827. The molecule has 1 saturated carbocycles. The molecule has 0 unspecified atom stereocenters. The molecule has 0 bridgehead atoms. The van der Waals surface area contributed by atoms with E-state index >= 15 is 0 Å². The molecule has 4 nitrogen and oxygen atoms in total. The van der Waals surface area contributed by atoms with Gasteiger partial charge in [0, 0.05) is 12.1 Å². The molecule has 0 saturated heterocycles. The standard InChI is InChI=1S/C15H23NO3/c1-16-10-12-6-5-7-13(18-2)14(12)19-11-15(17)8-3-4-9-15/h5-7,16-17H,3-4,8-11H2,1-2H3. The molecule has 1 aliphatic carbocycles. The summed E-state index contributed by atoms with van der Waals surface area (Å²) in [5, 5.41) is 13.5. The monoisotopic (exact) mass is 265 g/mol. The second-order valence-corrected chi connectivity index (χ2v) is 5.20. The molecule has 0 spiro atoms. The molecule has 1 aromatic rings. The summed E-state index contributed by atoms with van der Waals surface area (Å²) in [6.45, 7) is 1.05. The van der Waals surface area contributed by atoms with Gasteiger partial charge in [-0.25, -0.2) is 0 Å². The zero-order chi connectivity index (χ0) is 13.7. The van der Waals surface area contributed by atoms with Crippen molar-refractivity contribution < 1.29 is 14.6 Å². The number of ether oxygens (including phenoxy) is 2. The number of methoxy groups -OCH3 is 1. The van der Waals surface area contributed by atoms with Crippen LogP contribution < -0.4 is 14.8 Å². The fourth-order valence-electron chi connectivity index (χ4n) is 2.60.